The molecule has 94 valence electrons. The molecule has 0 bridgehead atoms. The number of aldehydes is 1. The first kappa shape index (κ1) is 12.3. The lowest BCUT2D eigenvalue weighted by Gasteiger charge is -2.07. The van der Waals surface area contributed by atoms with Gasteiger partial charge in [-0.1, -0.05) is 12.1 Å². The molecule has 0 fully saturated rings. The maximum atomic E-state index is 11.0. The first-order valence-electron chi connectivity index (χ1n) is 5.52. The van der Waals surface area contributed by atoms with Crippen LogP contribution in [0.3, 0.4) is 0 Å². The molecule has 0 spiro atoms. The van der Waals surface area contributed by atoms with Crippen LogP contribution in [-0.2, 0) is 13.7 Å². The van der Waals surface area contributed by atoms with Gasteiger partial charge in [-0.15, -0.1) is 0 Å². The summed E-state index contributed by atoms with van der Waals surface area (Å²) >= 11 is 0. The molecule has 18 heavy (non-hydrogen) atoms. The molecule has 1 aromatic heterocycles. The van der Waals surface area contributed by atoms with E-state index in [2.05, 4.69) is 5.10 Å². The van der Waals surface area contributed by atoms with Crippen molar-refractivity contribution < 1.29 is 14.6 Å². The Balaban J connectivity index is 2.36. The van der Waals surface area contributed by atoms with Crippen molar-refractivity contribution in [3.63, 3.8) is 0 Å². The maximum Gasteiger partial charge on any atom is 0.228 e. The minimum absolute atomic E-state index is 0.0534. The van der Waals surface area contributed by atoms with Crippen molar-refractivity contribution in [3.8, 4) is 11.6 Å². The molecule has 5 heteroatoms. The van der Waals surface area contributed by atoms with Crippen molar-refractivity contribution in [1.82, 2.24) is 9.78 Å². The van der Waals surface area contributed by atoms with E-state index in [4.69, 9.17) is 9.84 Å². The van der Waals surface area contributed by atoms with Crippen molar-refractivity contribution >= 4 is 6.29 Å². The molecule has 0 saturated carbocycles. The molecule has 2 aromatic rings. The van der Waals surface area contributed by atoms with Crippen LogP contribution in [0.15, 0.2) is 24.3 Å². The second kappa shape index (κ2) is 5.01. The highest BCUT2D eigenvalue weighted by atomic mass is 16.5. The van der Waals surface area contributed by atoms with Crippen LogP contribution in [0, 0.1) is 6.92 Å². The number of ether oxygens (including phenoxy) is 1. The summed E-state index contributed by atoms with van der Waals surface area (Å²) < 4.78 is 7.17. The fourth-order valence-electron chi connectivity index (χ4n) is 1.73. The summed E-state index contributed by atoms with van der Waals surface area (Å²) in [5, 5.41) is 13.2. The van der Waals surface area contributed by atoms with E-state index in [0.29, 0.717) is 22.9 Å². The van der Waals surface area contributed by atoms with E-state index in [0.717, 1.165) is 11.8 Å². The van der Waals surface area contributed by atoms with E-state index < -0.39 is 0 Å². The quantitative estimate of drug-likeness (QED) is 0.836. The van der Waals surface area contributed by atoms with Crippen LogP contribution in [-0.4, -0.2) is 21.2 Å². The van der Waals surface area contributed by atoms with Gasteiger partial charge in [-0.05, 0) is 24.6 Å². The van der Waals surface area contributed by atoms with Gasteiger partial charge in [0.2, 0.25) is 5.88 Å². The SMILES string of the molecule is Cc1nn(C)c(Oc2cccc(CO)c2)c1C=O. The highest BCUT2D eigenvalue weighted by Gasteiger charge is 2.14. The summed E-state index contributed by atoms with van der Waals surface area (Å²) in [4.78, 5) is 11.0. The van der Waals surface area contributed by atoms with Gasteiger partial charge in [0.1, 0.15) is 5.75 Å². The van der Waals surface area contributed by atoms with E-state index in [-0.39, 0.29) is 6.61 Å². The van der Waals surface area contributed by atoms with Crippen LogP contribution >= 0.6 is 0 Å². The molecule has 0 aliphatic carbocycles. The fraction of sp³-hybridized carbons (Fsp3) is 0.231. The Bertz CT molecular complexity index is 576. The molecule has 0 amide bonds. The Hall–Kier alpha value is -2.14. The number of benzene rings is 1. The molecule has 1 heterocycles. The van der Waals surface area contributed by atoms with Gasteiger partial charge in [-0.25, -0.2) is 4.68 Å². The molecule has 5 nitrogen and oxygen atoms in total. The lowest BCUT2D eigenvalue weighted by atomic mass is 10.2. The van der Waals surface area contributed by atoms with E-state index in [1.54, 1.807) is 38.2 Å². The summed E-state index contributed by atoms with van der Waals surface area (Å²) in [7, 11) is 1.71. The molecule has 0 aliphatic heterocycles. The van der Waals surface area contributed by atoms with Gasteiger partial charge in [0.15, 0.2) is 6.29 Å². The zero-order chi connectivity index (χ0) is 13.1. The van der Waals surface area contributed by atoms with Crippen molar-refractivity contribution in [1.29, 1.82) is 0 Å². The normalized spacial score (nSPS) is 10.4. The molecule has 0 saturated heterocycles. The number of hydrogen-bond donors (Lipinski definition) is 1. The summed E-state index contributed by atoms with van der Waals surface area (Å²) in [5.74, 6) is 0.963. The number of aliphatic hydroxyl groups excluding tert-OH is 1. The van der Waals surface area contributed by atoms with E-state index in [9.17, 15) is 4.79 Å². The van der Waals surface area contributed by atoms with Crippen LogP contribution in [0.1, 0.15) is 21.6 Å². The van der Waals surface area contributed by atoms with Gasteiger partial charge in [0.25, 0.3) is 0 Å². The number of nitrogens with zero attached hydrogens (tertiary/aromatic N) is 2. The topological polar surface area (TPSA) is 64.3 Å². The highest BCUT2D eigenvalue weighted by Crippen LogP contribution is 2.26. The number of rotatable bonds is 4. The Morgan fingerprint density at radius 3 is 2.94 bits per heavy atom. The van der Waals surface area contributed by atoms with Crippen LogP contribution < -0.4 is 4.74 Å². The maximum absolute atomic E-state index is 11.0. The molecule has 0 atom stereocenters. The van der Waals surface area contributed by atoms with Crippen LogP contribution in [0.25, 0.3) is 0 Å². The van der Waals surface area contributed by atoms with Crippen LogP contribution in [0.2, 0.25) is 0 Å². The molecule has 0 aliphatic rings. The molecule has 1 aromatic carbocycles. The van der Waals surface area contributed by atoms with Gasteiger partial charge in [0, 0.05) is 7.05 Å². The zero-order valence-electron chi connectivity index (χ0n) is 10.3. The smallest absolute Gasteiger partial charge is 0.228 e. The third-order valence-corrected chi connectivity index (χ3v) is 2.63. The molecule has 1 N–H and O–H groups in total. The first-order chi connectivity index (χ1) is 8.65. The second-order valence-electron chi connectivity index (χ2n) is 3.95. The number of carbonyl (C=O) groups is 1. The first-order valence-corrected chi connectivity index (χ1v) is 5.52. The lowest BCUT2D eigenvalue weighted by molar-refractivity contribution is 0.112. The summed E-state index contributed by atoms with van der Waals surface area (Å²) in [6.45, 7) is 1.70. The Kier molecular flexibility index (Phi) is 3.43. The number of carbonyl (C=O) groups excluding carboxylic acids is 1. The molecule has 2 rings (SSSR count). The average Bonchev–Trinajstić information content (AvgIpc) is 2.64. The van der Waals surface area contributed by atoms with Gasteiger partial charge in [0.05, 0.1) is 17.9 Å². The Morgan fingerprint density at radius 2 is 2.28 bits per heavy atom. The summed E-state index contributed by atoms with van der Waals surface area (Å²) in [6.07, 6.45) is 0.730. The highest BCUT2D eigenvalue weighted by molar-refractivity contribution is 5.80. The van der Waals surface area contributed by atoms with Gasteiger partial charge >= 0.3 is 0 Å². The monoisotopic (exact) mass is 246 g/mol. The Morgan fingerprint density at radius 1 is 1.50 bits per heavy atom. The lowest BCUT2D eigenvalue weighted by Crippen LogP contribution is -1.97. The second-order valence-corrected chi connectivity index (χ2v) is 3.95. The number of aryl methyl sites for hydroxylation is 2. The fourth-order valence-corrected chi connectivity index (χ4v) is 1.73. The Labute approximate surface area is 105 Å². The predicted octanol–water partition coefficient (Wildman–Crippen LogP) is 1.83. The standard InChI is InChI=1S/C13H14N2O3/c1-9-12(8-17)13(15(2)14-9)18-11-5-3-4-10(6-11)7-16/h3-6,8,16H,7H2,1-2H3. The predicted molar refractivity (Wildman–Crippen MR) is 65.8 cm³/mol. The molecule has 0 radical (unpaired) electrons. The molecule has 0 unspecified atom stereocenters. The third kappa shape index (κ3) is 2.26. The van der Waals surface area contributed by atoms with E-state index >= 15 is 0 Å². The van der Waals surface area contributed by atoms with Gasteiger partial charge < -0.3 is 9.84 Å². The average molecular weight is 246 g/mol. The van der Waals surface area contributed by atoms with Gasteiger partial charge in [-0.3, -0.25) is 4.79 Å². The third-order valence-electron chi connectivity index (χ3n) is 2.63. The van der Waals surface area contributed by atoms with Crippen molar-refractivity contribution in [2.24, 2.45) is 7.05 Å². The van der Waals surface area contributed by atoms with Crippen molar-refractivity contribution in [2.75, 3.05) is 0 Å². The molecular weight excluding hydrogens is 232 g/mol. The number of hydrogen-bond acceptors (Lipinski definition) is 4. The van der Waals surface area contributed by atoms with E-state index in [1.165, 1.54) is 4.68 Å². The summed E-state index contributed by atoms with van der Waals surface area (Å²) in [5.41, 5.74) is 1.81. The van der Waals surface area contributed by atoms with Crippen LogP contribution in [0.5, 0.6) is 11.6 Å². The van der Waals surface area contributed by atoms with Crippen molar-refractivity contribution in [2.45, 2.75) is 13.5 Å². The summed E-state index contributed by atoms with van der Waals surface area (Å²) in [6, 6.07) is 7.06. The minimum Gasteiger partial charge on any atom is -0.439 e. The molecular formula is C13H14N2O3. The largest absolute Gasteiger partial charge is 0.439 e. The zero-order valence-corrected chi connectivity index (χ0v) is 10.3. The number of aromatic nitrogens is 2. The number of aliphatic hydroxyl groups is 1. The minimum atomic E-state index is -0.0534. The van der Waals surface area contributed by atoms with E-state index in [1.807, 2.05) is 0 Å². The van der Waals surface area contributed by atoms with Crippen LogP contribution in [0.4, 0.5) is 0 Å². The van der Waals surface area contributed by atoms with Crippen molar-refractivity contribution in [3.05, 3.63) is 41.1 Å². The van der Waals surface area contributed by atoms with Gasteiger partial charge in [-0.2, -0.15) is 5.10 Å².